The smallest absolute Gasteiger partial charge is 0.192 e. The minimum Gasteiger partial charge on any atom is -0.192 e. The summed E-state index contributed by atoms with van der Waals surface area (Å²) in [5, 5.41) is 9.00. The van der Waals surface area contributed by atoms with E-state index >= 15 is 0 Å². The lowest BCUT2D eigenvalue weighted by atomic mass is 9.85. The predicted molar refractivity (Wildman–Crippen MR) is 82.5 cm³/mol. The average Bonchev–Trinajstić information content (AvgIpc) is 2.48. The van der Waals surface area contributed by atoms with Crippen molar-refractivity contribution in [3.63, 3.8) is 0 Å². The zero-order valence-corrected chi connectivity index (χ0v) is 13.1. The minimum absolute atomic E-state index is 0.153. The number of benzene rings is 1. The number of nitrogens with zero attached hydrogens (tertiary/aromatic N) is 1. The van der Waals surface area contributed by atoms with Gasteiger partial charge in [0.1, 0.15) is 0 Å². The molecule has 1 aromatic carbocycles. The predicted octanol–water partition coefficient (Wildman–Crippen LogP) is 6.21. The largest absolute Gasteiger partial charge is 0.417 e. The lowest BCUT2D eigenvalue weighted by Crippen LogP contribution is -2.14. The Bertz CT molecular complexity index is 538. The average molecular weight is 309 g/mol. The van der Waals surface area contributed by atoms with Crippen LogP contribution < -0.4 is 0 Å². The second kappa shape index (κ2) is 8.63. The van der Waals surface area contributed by atoms with Gasteiger partial charge < -0.3 is 0 Å². The van der Waals surface area contributed by atoms with Crippen molar-refractivity contribution < 1.29 is 13.2 Å². The normalized spacial score (nSPS) is 13.3. The minimum atomic E-state index is -4.49. The van der Waals surface area contributed by atoms with Crippen LogP contribution in [0.3, 0.4) is 0 Å². The SMILES string of the molecule is CC=CCCCC(CCC)c1cccc(C#N)c1C(F)(F)F. The first-order valence-corrected chi connectivity index (χ1v) is 7.67. The summed E-state index contributed by atoms with van der Waals surface area (Å²) in [5.41, 5.74) is -0.754. The van der Waals surface area contributed by atoms with Gasteiger partial charge in [0.05, 0.1) is 17.2 Å². The number of allylic oxidation sites excluding steroid dienone is 2. The molecule has 0 bridgehead atoms. The molecule has 1 atom stereocenters. The van der Waals surface area contributed by atoms with Crippen LogP contribution in [0.5, 0.6) is 0 Å². The number of nitriles is 1. The molecule has 0 spiro atoms. The van der Waals surface area contributed by atoms with E-state index in [1.54, 1.807) is 12.1 Å². The molecule has 4 heteroatoms. The Morgan fingerprint density at radius 2 is 2.00 bits per heavy atom. The molecule has 0 aliphatic carbocycles. The lowest BCUT2D eigenvalue weighted by Gasteiger charge is -2.22. The molecule has 0 aliphatic rings. The molecule has 0 N–H and O–H groups in total. The summed E-state index contributed by atoms with van der Waals surface area (Å²) in [6, 6.07) is 6.01. The van der Waals surface area contributed by atoms with Crippen molar-refractivity contribution in [2.45, 2.75) is 58.0 Å². The van der Waals surface area contributed by atoms with E-state index in [-0.39, 0.29) is 17.0 Å². The monoisotopic (exact) mass is 309 g/mol. The van der Waals surface area contributed by atoms with Gasteiger partial charge in [-0.3, -0.25) is 0 Å². The molecule has 0 saturated carbocycles. The van der Waals surface area contributed by atoms with Gasteiger partial charge in [0.2, 0.25) is 0 Å². The first-order chi connectivity index (χ1) is 10.5. The van der Waals surface area contributed by atoms with Gasteiger partial charge in [-0.2, -0.15) is 18.4 Å². The van der Waals surface area contributed by atoms with Crippen molar-refractivity contribution in [3.05, 3.63) is 47.0 Å². The highest BCUT2D eigenvalue weighted by atomic mass is 19.4. The molecule has 22 heavy (non-hydrogen) atoms. The molecule has 0 fully saturated rings. The van der Waals surface area contributed by atoms with Crippen LogP contribution in [0.15, 0.2) is 30.4 Å². The summed E-state index contributed by atoms with van der Waals surface area (Å²) >= 11 is 0. The Morgan fingerprint density at radius 1 is 1.27 bits per heavy atom. The molecule has 0 saturated heterocycles. The molecule has 0 aromatic heterocycles. The molecule has 1 rings (SSSR count). The fourth-order valence-corrected chi connectivity index (χ4v) is 2.77. The highest BCUT2D eigenvalue weighted by Crippen LogP contribution is 2.40. The van der Waals surface area contributed by atoms with E-state index in [1.165, 1.54) is 12.1 Å². The summed E-state index contributed by atoms with van der Waals surface area (Å²) in [7, 11) is 0. The third kappa shape index (κ3) is 4.91. The van der Waals surface area contributed by atoms with Gasteiger partial charge in [0.25, 0.3) is 0 Å². The maximum atomic E-state index is 13.4. The van der Waals surface area contributed by atoms with Crippen molar-refractivity contribution in [1.82, 2.24) is 0 Å². The van der Waals surface area contributed by atoms with Crippen LogP contribution in [0.1, 0.15) is 68.6 Å². The lowest BCUT2D eigenvalue weighted by molar-refractivity contribution is -0.138. The zero-order valence-electron chi connectivity index (χ0n) is 13.1. The Hall–Kier alpha value is -1.76. The summed E-state index contributed by atoms with van der Waals surface area (Å²) < 4.78 is 40.1. The molecule has 0 heterocycles. The molecular formula is C18H22F3N. The van der Waals surface area contributed by atoms with Crippen LogP contribution in [0.2, 0.25) is 0 Å². The Kier molecular flexibility index (Phi) is 7.17. The summed E-state index contributed by atoms with van der Waals surface area (Å²) in [5.74, 6) is -0.153. The van der Waals surface area contributed by atoms with Crippen LogP contribution in [-0.2, 0) is 6.18 Å². The third-order valence-electron chi connectivity index (χ3n) is 3.74. The third-order valence-corrected chi connectivity index (χ3v) is 3.74. The van der Waals surface area contributed by atoms with E-state index in [4.69, 9.17) is 5.26 Å². The van der Waals surface area contributed by atoms with Gasteiger partial charge in [-0.15, -0.1) is 0 Å². The van der Waals surface area contributed by atoms with Crippen molar-refractivity contribution in [2.75, 3.05) is 0 Å². The Labute approximate surface area is 130 Å². The first kappa shape index (κ1) is 18.3. The number of halogens is 3. The molecule has 0 amide bonds. The number of alkyl halides is 3. The highest BCUT2D eigenvalue weighted by Gasteiger charge is 2.37. The second-order valence-electron chi connectivity index (χ2n) is 5.36. The topological polar surface area (TPSA) is 23.8 Å². The van der Waals surface area contributed by atoms with Gasteiger partial charge in [-0.1, -0.05) is 37.6 Å². The molecule has 120 valence electrons. The van der Waals surface area contributed by atoms with Crippen LogP contribution in [0, 0.1) is 11.3 Å². The standard InChI is InChI=1S/C18H22F3N/c1-3-5-6-7-10-14(9-4-2)16-12-8-11-15(13-22)17(16)18(19,20)21/h3,5,8,11-12,14H,4,6-7,9-10H2,1-2H3. The van der Waals surface area contributed by atoms with Gasteiger partial charge in [0, 0.05) is 0 Å². The summed E-state index contributed by atoms with van der Waals surface area (Å²) in [6.07, 6.45) is 3.44. The van der Waals surface area contributed by atoms with E-state index in [1.807, 2.05) is 26.0 Å². The van der Waals surface area contributed by atoms with E-state index in [2.05, 4.69) is 0 Å². The first-order valence-electron chi connectivity index (χ1n) is 7.67. The van der Waals surface area contributed by atoms with E-state index in [0.717, 1.165) is 19.3 Å². The molecule has 1 aromatic rings. The number of hydrogen-bond acceptors (Lipinski definition) is 1. The molecule has 0 aliphatic heterocycles. The number of hydrogen-bond donors (Lipinski definition) is 0. The van der Waals surface area contributed by atoms with Gasteiger partial charge in [-0.25, -0.2) is 0 Å². The van der Waals surface area contributed by atoms with Gasteiger partial charge in [0.15, 0.2) is 0 Å². The van der Waals surface area contributed by atoms with Gasteiger partial charge in [-0.05, 0) is 50.2 Å². The van der Waals surface area contributed by atoms with Crippen LogP contribution >= 0.6 is 0 Å². The highest BCUT2D eigenvalue weighted by molar-refractivity contribution is 5.46. The van der Waals surface area contributed by atoms with Crippen molar-refractivity contribution in [1.29, 1.82) is 5.26 Å². The number of rotatable bonds is 7. The van der Waals surface area contributed by atoms with E-state index < -0.39 is 11.7 Å². The van der Waals surface area contributed by atoms with Crippen LogP contribution in [-0.4, -0.2) is 0 Å². The zero-order chi connectivity index (χ0) is 16.6. The Morgan fingerprint density at radius 3 is 2.55 bits per heavy atom. The fraction of sp³-hybridized carbons (Fsp3) is 0.500. The van der Waals surface area contributed by atoms with Crippen molar-refractivity contribution in [3.8, 4) is 6.07 Å². The van der Waals surface area contributed by atoms with Gasteiger partial charge >= 0.3 is 6.18 Å². The molecular weight excluding hydrogens is 287 g/mol. The van der Waals surface area contributed by atoms with Crippen molar-refractivity contribution in [2.24, 2.45) is 0 Å². The van der Waals surface area contributed by atoms with Crippen molar-refractivity contribution >= 4 is 0 Å². The second-order valence-corrected chi connectivity index (χ2v) is 5.36. The molecule has 0 radical (unpaired) electrons. The van der Waals surface area contributed by atoms with Crippen LogP contribution in [0.25, 0.3) is 0 Å². The maximum absolute atomic E-state index is 13.4. The molecule has 1 unspecified atom stereocenters. The van der Waals surface area contributed by atoms with Crippen LogP contribution in [0.4, 0.5) is 13.2 Å². The summed E-state index contributed by atoms with van der Waals surface area (Å²) in [6.45, 7) is 3.90. The quantitative estimate of drug-likeness (QED) is 0.434. The summed E-state index contributed by atoms with van der Waals surface area (Å²) in [4.78, 5) is 0. The Balaban J connectivity index is 3.16. The number of unbranched alkanes of at least 4 members (excludes halogenated alkanes) is 1. The van der Waals surface area contributed by atoms with E-state index in [0.29, 0.717) is 12.8 Å². The van der Waals surface area contributed by atoms with E-state index in [9.17, 15) is 13.2 Å². The molecule has 1 nitrogen and oxygen atoms in total. The fourth-order valence-electron chi connectivity index (χ4n) is 2.77. The maximum Gasteiger partial charge on any atom is 0.417 e.